The molecule has 1 N–H and O–H groups in total. The molecule has 1 unspecified atom stereocenters. The third-order valence-electron chi connectivity index (χ3n) is 6.10. The Kier molecular flexibility index (Phi) is 9.16. The fourth-order valence-electron chi connectivity index (χ4n) is 4.09. The minimum Gasteiger partial charge on any atom is -0.339 e. The maximum Gasteiger partial charge on any atom is 0.417 e. The Bertz CT molecular complexity index is 948. The fourth-order valence-corrected chi connectivity index (χ4v) is 4.09. The third kappa shape index (κ3) is 6.59. The summed E-state index contributed by atoms with van der Waals surface area (Å²) in [5.74, 6) is -0.382. The van der Waals surface area contributed by atoms with Gasteiger partial charge < -0.3 is 15.1 Å². The highest BCUT2D eigenvalue weighted by molar-refractivity contribution is 5.85. The van der Waals surface area contributed by atoms with E-state index >= 15 is 0 Å². The third-order valence-corrected chi connectivity index (χ3v) is 6.10. The molecule has 0 bridgehead atoms. The number of amides is 1. The Morgan fingerprint density at radius 1 is 1.03 bits per heavy atom. The molecule has 2 aromatic rings. The van der Waals surface area contributed by atoms with Gasteiger partial charge in [0, 0.05) is 38.1 Å². The minimum atomic E-state index is -4.55. The minimum absolute atomic E-state index is 0. The lowest BCUT2D eigenvalue weighted by Crippen LogP contribution is -2.49. The summed E-state index contributed by atoms with van der Waals surface area (Å²) in [6.07, 6.45) is -3.67. The molecule has 1 aliphatic heterocycles. The average molecular weight is 508 g/mol. The van der Waals surface area contributed by atoms with Crippen molar-refractivity contribution in [3.05, 3.63) is 59.4 Å². The monoisotopic (exact) mass is 507 g/mol. The van der Waals surface area contributed by atoms with Crippen LogP contribution in [0.4, 0.5) is 17.6 Å². The molecule has 182 valence electrons. The number of alkyl halides is 3. The van der Waals surface area contributed by atoms with Crippen molar-refractivity contribution in [3.8, 4) is 11.1 Å². The molecule has 1 saturated heterocycles. The van der Waals surface area contributed by atoms with E-state index in [0.717, 1.165) is 56.4 Å². The second-order valence-electron chi connectivity index (χ2n) is 8.32. The molecule has 4 nitrogen and oxygen atoms in total. The van der Waals surface area contributed by atoms with Gasteiger partial charge in [-0.15, -0.1) is 24.8 Å². The van der Waals surface area contributed by atoms with Gasteiger partial charge in [-0.2, -0.15) is 13.2 Å². The predicted molar refractivity (Wildman–Crippen MR) is 125 cm³/mol. The molecule has 1 heterocycles. The maximum atomic E-state index is 13.6. The van der Waals surface area contributed by atoms with Gasteiger partial charge in [0.05, 0.1) is 12.1 Å². The van der Waals surface area contributed by atoms with Crippen LogP contribution in [0.15, 0.2) is 42.5 Å². The number of carbonyl (C=O) groups excluding carboxylic acids is 1. The number of carbonyl (C=O) groups is 1. The number of likely N-dealkylation sites (N-methyl/N-ethyl adjacent to an activating group) is 1. The number of hydrogen-bond donors (Lipinski definition) is 1. The Hall–Kier alpha value is -1.87. The zero-order chi connectivity index (χ0) is 22.2. The first-order chi connectivity index (χ1) is 14.7. The molecule has 33 heavy (non-hydrogen) atoms. The van der Waals surface area contributed by atoms with E-state index in [0.29, 0.717) is 12.1 Å². The van der Waals surface area contributed by atoms with Crippen LogP contribution < -0.4 is 5.32 Å². The smallest absolute Gasteiger partial charge is 0.339 e. The molecular weight excluding hydrogens is 481 g/mol. The number of benzene rings is 2. The van der Waals surface area contributed by atoms with Crippen LogP contribution in [0.2, 0.25) is 0 Å². The number of rotatable bonds is 5. The molecule has 0 aromatic heterocycles. The lowest BCUT2D eigenvalue weighted by molar-refractivity contribution is -0.137. The second-order valence-corrected chi connectivity index (χ2v) is 8.32. The predicted octanol–water partition coefficient (Wildman–Crippen LogP) is 4.57. The van der Waals surface area contributed by atoms with E-state index in [1.54, 1.807) is 24.3 Å². The maximum absolute atomic E-state index is 13.6. The van der Waals surface area contributed by atoms with Crippen LogP contribution in [0.5, 0.6) is 0 Å². The van der Waals surface area contributed by atoms with Crippen molar-refractivity contribution in [2.45, 2.75) is 24.6 Å². The van der Waals surface area contributed by atoms with Gasteiger partial charge in [0.25, 0.3) is 0 Å². The largest absolute Gasteiger partial charge is 0.417 e. The summed E-state index contributed by atoms with van der Waals surface area (Å²) >= 11 is 0. The van der Waals surface area contributed by atoms with Crippen LogP contribution in [0.1, 0.15) is 23.5 Å². The van der Waals surface area contributed by atoms with E-state index in [4.69, 9.17) is 0 Å². The number of nitrogens with one attached hydrogen (secondary N) is 1. The van der Waals surface area contributed by atoms with Crippen molar-refractivity contribution >= 4 is 30.7 Å². The number of piperazine rings is 1. The van der Waals surface area contributed by atoms with Gasteiger partial charge in [-0.3, -0.25) is 4.79 Å². The molecule has 2 aliphatic rings. The van der Waals surface area contributed by atoms with Crippen molar-refractivity contribution < 1.29 is 22.4 Å². The topological polar surface area (TPSA) is 35.6 Å². The Balaban J connectivity index is 0.00000193. The molecule has 1 amide bonds. The summed E-state index contributed by atoms with van der Waals surface area (Å²) in [6, 6.07) is 9.48. The van der Waals surface area contributed by atoms with E-state index in [2.05, 4.69) is 10.2 Å². The van der Waals surface area contributed by atoms with E-state index in [-0.39, 0.29) is 48.2 Å². The second kappa shape index (κ2) is 11.0. The average Bonchev–Trinajstić information content (AvgIpc) is 3.51. The standard InChI is InChI=1S/C23H25F4N3O.2ClH/c1-29-8-10-30(11-9-29)22(31)14-28-21-13-19(21)16-4-2-15(3-5-16)18-12-17(24)6-7-20(18)23(25,26)27;;/h2-7,12,19,21,28H,8-11,13-14H2,1H3;2*1H/t19?,21-;;/m0../s1. The summed E-state index contributed by atoms with van der Waals surface area (Å²) < 4.78 is 53.4. The molecule has 2 atom stereocenters. The first-order valence-corrected chi connectivity index (χ1v) is 10.4. The number of hydrogen-bond acceptors (Lipinski definition) is 3. The summed E-state index contributed by atoms with van der Waals surface area (Å²) in [5.41, 5.74) is 0.307. The van der Waals surface area contributed by atoms with Crippen molar-refractivity contribution in [2.75, 3.05) is 39.8 Å². The van der Waals surface area contributed by atoms with Gasteiger partial charge in [-0.05, 0) is 48.4 Å². The quantitative estimate of drug-likeness (QED) is 0.602. The summed E-state index contributed by atoms with van der Waals surface area (Å²) in [6.45, 7) is 3.54. The van der Waals surface area contributed by atoms with Crippen LogP contribution in [0.25, 0.3) is 11.1 Å². The van der Waals surface area contributed by atoms with E-state index in [9.17, 15) is 22.4 Å². The van der Waals surface area contributed by atoms with E-state index in [1.807, 2.05) is 11.9 Å². The first kappa shape index (κ1) is 27.4. The molecule has 2 fully saturated rings. The van der Waals surface area contributed by atoms with Gasteiger partial charge in [0.1, 0.15) is 5.82 Å². The zero-order valence-electron chi connectivity index (χ0n) is 18.1. The summed E-state index contributed by atoms with van der Waals surface area (Å²) in [7, 11) is 2.04. The van der Waals surface area contributed by atoms with Gasteiger partial charge in [-0.1, -0.05) is 24.3 Å². The molecule has 1 saturated carbocycles. The summed E-state index contributed by atoms with van der Waals surface area (Å²) in [4.78, 5) is 16.4. The van der Waals surface area contributed by atoms with Crippen LogP contribution in [0.3, 0.4) is 0 Å². The number of nitrogens with zero attached hydrogens (tertiary/aromatic N) is 2. The highest BCUT2D eigenvalue weighted by Crippen LogP contribution is 2.42. The normalized spacial score (nSPS) is 20.6. The SMILES string of the molecule is CN1CCN(C(=O)CN[C@H]2CC2c2ccc(-c3cc(F)ccc3C(F)(F)F)cc2)CC1.Cl.Cl. The Morgan fingerprint density at radius 3 is 2.27 bits per heavy atom. The van der Waals surface area contributed by atoms with Crippen molar-refractivity contribution in [1.29, 1.82) is 0 Å². The van der Waals surface area contributed by atoms with Crippen molar-refractivity contribution in [1.82, 2.24) is 15.1 Å². The van der Waals surface area contributed by atoms with Crippen LogP contribution in [-0.4, -0.2) is 61.5 Å². The zero-order valence-corrected chi connectivity index (χ0v) is 19.7. The van der Waals surface area contributed by atoms with Crippen LogP contribution >= 0.6 is 24.8 Å². The van der Waals surface area contributed by atoms with Gasteiger partial charge in [0.15, 0.2) is 0 Å². The molecule has 10 heteroatoms. The highest BCUT2D eigenvalue weighted by atomic mass is 35.5. The van der Waals surface area contributed by atoms with Gasteiger partial charge in [0.2, 0.25) is 5.91 Å². The molecule has 2 aromatic carbocycles. The lowest BCUT2D eigenvalue weighted by Gasteiger charge is -2.32. The van der Waals surface area contributed by atoms with Crippen molar-refractivity contribution in [2.24, 2.45) is 0 Å². The van der Waals surface area contributed by atoms with Crippen LogP contribution in [0, 0.1) is 5.82 Å². The molecular formula is C23H27Cl2F4N3O. The van der Waals surface area contributed by atoms with Gasteiger partial charge in [-0.25, -0.2) is 4.39 Å². The lowest BCUT2D eigenvalue weighted by atomic mass is 9.97. The van der Waals surface area contributed by atoms with Crippen molar-refractivity contribution in [3.63, 3.8) is 0 Å². The number of halogens is 6. The molecule has 4 rings (SSSR count). The fraction of sp³-hybridized carbons (Fsp3) is 0.435. The summed E-state index contributed by atoms with van der Waals surface area (Å²) in [5, 5.41) is 3.29. The van der Waals surface area contributed by atoms with E-state index < -0.39 is 17.6 Å². The Labute approximate surface area is 203 Å². The molecule has 0 spiro atoms. The molecule has 1 aliphatic carbocycles. The first-order valence-electron chi connectivity index (χ1n) is 10.4. The molecule has 0 radical (unpaired) electrons. The highest BCUT2D eigenvalue weighted by Gasteiger charge is 2.39. The van der Waals surface area contributed by atoms with Gasteiger partial charge >= 0.3 is 6.18 Å². The van der Waals surface area contributed by atoms with E-state index in [1.165, 1.54) is 0 Å². The Morgan fingerprint density at radius 2 is 1.67 bits per heavy atom. The van der Waals surface area contributed by atoms with Crippen LogP contribution in [-0.2, 0) is 11.0 Å².